The van der Waals surface area contributed by atoms with Crippen molar-refractivity contribution in [2.45, 2.75) is 38.3 Å². The number of hydrogen-bond donors (Lipinski definition) is 2. The number of aliphatic hydroxyl groups is 1. The third-order valence-electron chi connectivity index (χ3n) is 8.14. The quantitative estimate of drug-likeness (QED) is 0.129. The highest BCUT2D eigenvalue weighted by molar-refractivity contribution is 6.09. The monoisotopic (exact) mass is 623 g/mol. The van der Waals surface area contributed by atoms with E-state index in [2.05, 4.69) is 30.3 Å². The van der Waals surface area contributed by atoms with Gasteiger partial charge in [-0.25, -0.2) is 0 Å². The van der Waals surface area contributed by atoms with E-state index in [1.54, 1.807) is 7.11 Å². The van der Waals surface area contributed by atoms with Crippen molar-refractivity contribution < 1.29 is 33.5 Å². The minimum absolute atomic E-state index is 0.0811. The summed E-state index contributed by atoms with van der Waals surface area (Å²) in [6, 6.07) is 30.2. The van der Waals surface area contributed by atoms with Crippen molar-refractivity contribution in [2.24, 2.45) is 5.73 Å². The van der Waals surface area contributed by atoms with E-state index in [1.807, 2.05) is 60.7 Å². The van der Waals surface area contributed by atoms with Crippen LogP contribution in [0.5, 0.6) is 23.0 Å². The highest BCUT2D eigenvalue weighted by atomic mass is 16.7. The van der Waals surface area contributed by atoms with Crippen molar-refractivity contribution in [1.29, 1.82) is 0 Å². The SMILES string of the molecule is COc1cc(COC2CCCCO2)ccc1OCCOc1ccc2ccccc2c1-c1c(OC[C@@H](O)CN)ccc2ccccc12. The Morgan fingerprint density at radius 1 is 0.761 bits per heavy atom. The van der Waals surface area contributed by atoms with Gasteiger partial charge in [-0.05, 0) is 70.6 Å². The number of methoxy groups -OCH3 is 1. The van der Waals surface area contributed by atoms with Gasteiger partial charge in [-0.1, -0.05) is 66.7 Å². The van der Waals surface area contributed by atoms with Crippen molar-refractivity contribution >= 4 is 21.5 Å². The molecule has 1 heterocycles. The lowest BCUT2D eigenvalue weighted by atomic mass is 9.92. The van der Waals surface area contributed by atoms with E-state index in [0.717, 1.165) is 64.1 Å². The van der Waals surface area contributed by atoms with E-state index >= 15 is 0 Å². The van der Waals surface area contributed by atoms with E-state index in [1.165, 1.54) is 0 Å². The zero-order valence-electron chi connectivity index (χ0n) is 26.2. The number of benzene rings is 5. The lowest BCUT2D eigenvalue weighted by Crippen LogP contribution is -2.26. The summed E-state index contributed by atoms with van der Waals surface area (Å²) in [5, 5.41) is 14.4. The minimum Gasteiger partial charge on any atom is -0.493 e. The van der Waals surface area contributed by atoms with Crippen molar-refractivity contribution in [3.63, 3.8) is 0 Å². The third-order valence-corrected chi connectivity index (χ3v) is 8.14. The Labute approximate surface area is 269 Å². The molecule has 1 aliphatic rings. The van der Waals surface area contributed by atoms with Crippen molar-refractivity contribution in [3.8, 4) is 34.1 Å². The second-order valence-corrected chi connectivity index (χ2v) is 11.3. The standard InChI is InChI=1S/C38H41NO7/c1-41-35-22-26(24-46-36-12-6-7-19-44-36)13-16-32(35)42-20-21-43-33-17-14-27-8-2-4-10-30(27)37(33)38-31-11-5-3-9-28(31)15-18-34(38)45-25-29(40)23-39/h2-5,8-11,13-18,22,29,36,40H,6-7,12,19-21,23-25,39H2,1H3/t29-,36?/m0/s1. The highest BCUT2D eigenvalue weighted by Gasteiger charge is 2.20. The van der Waals surface area contributed by atoms with E-state index in [4.69, 9.17) is 34.2 Å². The summed E-state index contributed by atoms with van der Waals surface area (Å²) in [6.45, 7) is 1.99. The normalized spacial score (nSPS) is 15.5. The Hall–Kier alpha value is -4.34. The minimum atomic E-state index is -0.774. The summed E-state index contributed by atoms with van der Waals surface area (Å²) in [4.78, 5) is 0. The molecule has 0 amide bonds. The number of ether oxygens (including phenoxy) is 6. The molecule has 8 heteroatoms. The van der Waals surface area contributed by atoms with Crippen LogP contribution >= 0.6 is 0 Å². The van der Waals surface area contributed by atoms with Gasteiger partial charge in [0.2, 0.25) is 0 Å². The second kappa shape index (κ2) is 15.3. The number of rotatable bonds is 14. The van der Waals surface area contributed by atoms with Crippen molar-refractivity contribution in [1.82, 2.24) is 0 Å². The maximum Gasteiger partial charge on any atom is 0.161 e. The molecule has 6 rings (SSSR count). The summed E-state index contributed by atoms with van der Waals surface area (Å²) >= 11 is 0. The molecule has 0 radical (unpaired) electrons. The van der Waals surface area contributed by atoms with Crippen LogP contribution < -0.4 is 24.7 Å². The van der Waals surface area contributed by atoms with Crippen molar-refractivity contribution in [3.05, 3.63) is 96.6 Å². The van der Waals surface area contributed by atoms with Crippen LogP contribution in [0.1, 0.15) is 24.8 Å². The van der Waals surface area contributed by atoms with Crippen molar-refractivity contribution in [2.75, 3.05) is 40.1 Å². The average Bonchev–Trinajstić information content (AvgIpc) is 3.11. The van der Waals surface area contributed by atoms with Crippen LogP contribution in [0.25, 0.3) is 32.7 Å². The molecule has 0 aliphatic carbocycles. The lowest BCUT2D eigenvalue weighted by molar-refractivity contribution is -0.168. The molecule has 240 valence electrons. The predicted molar refractivity (Wildman–Crippen MR) is 180 cm³/mol. The van der Waals surface area contributed by atoms with Gasteiger partial charge in [-0.3, -0.25) is 0 Å². The van der Waals surface area contributed by atoms with Crippen LogP contribution in [0.2, 0.25) is 0 Å². The Bertz CT molecular complexity index is 1750. The first-order chi connectivity index (χ1) is 22.6. The molecule has 0 saturated carbocycles. The Morgan fingerprint density at radius 3 is 2.02 bits per heavy atom. The Balaban J connectivity index is 1.23. The van der Waals surface area contributed by atoms with Gasteiger partial charge in [-0.2, -0.15) is 0 Å². The molecular formula is C38H41NO7. The molecule has 1 unspecified atom stereocenters. The van der Waals surface area contributed by atoms with Crippen LogP contribution in [0, 0.1) is 0 Å². The highest BCUT2D eigenvalue weighted by Crippen LogP contribution is 2.45. The van der Waals surface area contributed by atoms with E-state index < -0.39 is 6.10 Å². The molecule has 1 aliphatic heterocycles. The van der Waals surface area contributed by atoms with Crippen LogP contribution in [-0.4, -0.2) is 57.6 Å². The number of hydrogen-bond acceptors (Lipinski definition) is 8. The van der Waals surface area contributed by atoms with Gasteiger partial charge in [-0.15, -0.1) is 0 Å². The van der Waals surface area contributed by atoms with Crippen LogP contribution in [0.15, 0.2) is 91.0 Å². The molecule has 3 N–H and O–H groups in total. The summed E-state index contributed by atoms with van der Waals surface area (Å²) in [5.74, 6) is 2.61. The summed E-state index contributed by atoms with van der Waals surface area (Å²) in [5.41, 5.74) is 8.47. The maximum atomic E-state index is 10.2. The van der Waals surface area contributed by atoms with Gasteiger partial charge in [0.1, 0.15) is 37.4 Å². The predicted octanol–water partition coefficient (Wildman–Crippen LogP) is 6.87. The molecule has 0 aromatic heterocycles. The maximum absolute atomic E-state index is 10.2. The topological polar surface area (TPSA) is 102 Å². The number of nitrogens with two attached hydrogens (primary N) is 1. The Kier molecular flexibility index (Phi) is 10.5. The molecule has 5 aromatic carbocycles. The van der Waals surface area contributed by atoms with E-state index in [9.17, 15) is 5.11 Å². The first-order valence-corrected chi connectivity index (χ1v) is 15.8. The fraction of sp³-hybridized carbons (Fsp3) is 0.316. The largest absolute Gasteiger partial charge is 0.493 e. The molecule has 1 saturated heterocycles. The zero-order valence-corrected chi connectivity index (χ0v) is 26.2. The zero-order chi connectivity index (χ0) is 31.7. The summed E-state index contributed by atoms with van der Waals surface area (Å²) < 4.78 is 36.0. The van der Waals surface area contributed by atoms with Crippen LogP contribution in [-0.2, 0) is 16.1 Å². The molecular weight excluding hydrogens is 582 g/mol. The van der Waals surface area contributed by atoms with Crippen LogP contribution in [0.4, 0.5) is 0 Å². The van der Waals surface area contributed by atoms with E-state index in [0.29, 0.717) is 42.8 Å². The van der Waals surface area contributed by atoms with E-state index in [-0.39, 0.29) is 19.4 Å². The molecule has 1 fully saturated rings. The van der Waals surface area contributed by atoms with Crippen LogP contribution in [0.3, 0.4) is 0 Å². The molecule has 46 heavy (non-hydrogen) atoms. The van der Waals surface area contributed by atoms with Gasteiger partial charge in [0.15, 0.2) is 17.8 Å². The Morgan fingerprint density at radius 2 is 1.39 bits per heavy atom. The first-order valence-electron chi connectivity index (χ1n) is 15.8. The smallest absolute Gasteiger partial charge is 0.161 e. The van der Waals surface area contributed by atoms with Gasteiger partial charge in [0.05, 0.1) is 13.7 Å². The molecule has 0 spiro atoms. The molecule has 0 bridgehead atoms. The number of fused-ring (bicyclic) bond motifs is 2. The first kappa shape index (κ1) is 31.6. The fourth-order valence-electron chi connectivity index (χ4n) is 5.77. The summed E-state index contributed by atoms with van der Waals surface area (Å²) in [6.07, 6.45) is 2.21. The fourth-order valence-corrected chi connectivity index (χ4v) is 5.77. The number of aliphatic hydroxyl groups excluding tert-OH is 1. The van der Waals surface area contributed by atoms with Gasteiger partial charge < -0.3 is 39.3 Å². The van der Waals surface area contributed by atoms with Gasteiger partial charge >= 0.3 is 0 Å². The van der Waals surface area contributed by atoms with Gasteiger partial charge in [0, 0.05) is 24.3 Å². The van der Waals surface area contributed by atoms with Gasteiger partial charge in [0.25, 0.3) is 0 Å². The molecule has 8 nitrogen and oxygen atoms in total. The summed E-state index contributed by atoms with van der Waals surface area (Å²) in [7, 11) is 1.63. The molecule has 5 aromatic rings. The second-order valence-electron chi connectivity index (χ2n) is 11.3. The molecule has 2 atom stereocenters. The lowest BCUT2D eigenvalue weighted by Gasteiger charge is -2.23. The average molecular weight is 624 g/mol. The third kappa shape index (κ3) is 7.37.